The zero-order valence-corrected chi connectivity index (χ0v) is 10.3. The van der Waals surface area contributed by atoms with Crippen molar-refractivity contribution in [3.63, 3.8) is 0 Å². The number of aliphatic carboxylic acids is 1. The molecule has 2 unspecified atom stereocenters. The number of pyridine rings is 1. The first-order valence-corrected chi connectivity index (χ1v) is 6.04. The second-order valence-electron chi connectivity index (χ2n) is 4.00. The van der Waals surface area contributed by atoms with Crippen molar-refractivity contribution >= 4 is 21.9 Å². The van der Waals surface area contributed by atoms with Crippen molar-refractivity contribution in [2.24, 2.45) is 0 Å². The van der Waals surface area contributed by atoms with Crippen LogP contribution in [0.15, 0.2) is 22.8 Å². The van der Waals surface area contributed by atoms with Gasteiger partial charge in [0.2, 0.25) is 0 Å². The minimum Gasteiger partial charge on any atom is -0.480 e. The molecule has 0 amide bonds. The zero-order valence-electron chi connectivity index (χ0n) is 8.69. The molecule has 5 heteroatoms. The van der Waals surface area contributed by atoms with E-state index in [4.69, 9.17) is 5.11 Å². The second-order valence-corrected chi connectivity index (χ2v) is 4.92. The standard InChI is InChI=1S/C11H13BrN2O2/c12-7-1-2-8(13-6-7)5-9-3-4-10(14-9)11(15)16/h1-2,6,9-10,14H,3-5H2,(H,15,16). The topological polar surface area (TPSA) is 62.2 Å². The molecule has 4 nitrogen and oxygen atoms in total. The van der Waals surface area contributed by atoms with Crippen LogP contribution in [0.5, 0.6) is 0 Å². The Morgan fingerprint density at radius 1 is 1.56 bits per heavy atom. The van der Waals surface area contributed by atoms with Crippen molar-refractivity contribution in [1.82, 2.24) is 10.3 Å². The first-order valence-electron chi connectivity index (χ1n) is 5.24. The number of hydrogen-bond acceptors (Lipinski definition) is 3. The first-order chi connectivity index (χ1) is 7.65. The van der Waals surface area contributed by atoms with Crippen LogP contribution >= 0.6 is 15.9 Å². The third-order valence-electron chi connectivity index (χ3n) is 2.78. The summed E-state index contributed by atoms with van der Waals surface area (Å²) in [6.07, 6.45) is 4.15. The Balaban J connectivity index is 1.92. The summed E-state index contributed by atoms with van der Waals surface area (Å²) in [5, 5.41) is 12.0. The molecule has 0 bridgehead atoms. The predicted octanol–water partition coefficient (Wildman–Crippen LogP) is 1.59. The van der Waals surface area contributed by atoms with E-state index in [1.165, 1.54) is 0 Å². The van der Waals surface area contributed by atoms with Crippen molar-refractivity contribution in [1.29, 1.82) is 0 Å². The number of nitrogens with one attached hydrogen (secondary N) is 1. The van der Waals surface area contributed by atoms with Gasteiger partial charge in [0.1, 0.15) is 6.04 Å². The SMILES string of the molecule is O=C(O)C1CCC(Cc2ccc(Br)cn2)N1. The molecule has 0 saturated carbocycles. The van der Waals surface area contributed by atoms with Gasteiger partial charge in [0.05, 0.1) is 0 Å². The summed E-state index contributed by atoms with van der Waals surface area (Å²) in [5.41, 5.74) is 0.992. The summed E-state index contributed by atoms with van der Waals surface area (Å²) in [4.78, 5) is 15.0. The Kier molecular flexibility index (Phi) is 3.56. The average molecular weight is 285 g/mol. The number of carbonyl (C=O) groups is 1. The Hall–Kier alpha value is -0.940. The zero-order chi connectivity index (χ0) is 11.5. The van der Waals surface area contributed by atoms with Gasteiger partial charge in [-0.3, -0.25) is 9.78 Å². The molecule has 1 saturated heterocycles. The fourth-order valence-corrected chi connectivity index (χ4v) is 2.19. The third-order valence-corrected chi connectivity index (χ3v) is 3.25. The van der Waals surface area contributed by atoms with E-state index < -0.39 is 5.97 Å². The molecule has 0 aliphatic carbocycles. The van der Waals surface area contributed by atoms with Gasteiger partial charge in [0.25, 0.3) is 0 Å². The highest BCUT2D eigenvalue weighted by atomic mass is 79.9. The molecule has 1 aromatic heterocycles. The molecular weight excluding hydrogens is 272 g/mol. The first kappa shape index (κ1) is 11.5. The van der Waals surface area contributed by atoms with Crippen LogP contribution in [-0.2, 0) is 11.2 Å². The number of carboxylic acids is 1. The lowest BCUT2D eigenvalue weighted by molar-refractivity contribution is -0.139. The minimum absolute atomic E-state index is 0.231. The molecule has 1 aromatic rings. The molecule has 2 heterocycles. The van der Waals surface area contributed by atoms with Crippen LogP contribution in [0.4, 0.5) is 0 Å². The maximum absolute atomic E-state index is 10.8. The average Bonchev–Trinajstić information content (AvgIpc) is 2.70. The number of hydrogen-bond donors (Lipinski definition) is 2. The van der Waals surface area contributed by atoms with E-state index >= 15 is 0 Å². The van der Waals surface area contributed by atoms with Gasteiger partial charge in [0.15, 0.2) is 0 Å². The maximum atomic E-state index is 10.8. The van der Waals surface area contributed by atoms with E-state index in [9.17, 15) is 4.79 Å². The third kappa shape index (κ3) is 2.80. The number of carboxylic acid groups (broad SMARTS) is 1. The lowest BCUT2D eigenvalue weighted by Crippen LogP contribution is -2.36. The largest absolute Gasteiger partial charge is 0.480 e. The van der Waals surface area contributed by atoms with Gasteiger partial charge in [0, 0.05) is 28.8 Å². The summed E-state index contributed by atoms with van der Waals surface area (Å²) in [5.74, 6) is -0.758. The van der Waals surface area contributed by atoms with Crippen LogP contribution in [-0.4, -0.2) is 28.1 Å². The molecule has 0 radical (unpaired) electrons. The number of aromatic nitrogens is 1. The number of halogens is 1. The Labute approximate surface area is 102 Å². The highest BCUT2D eigenvalue weighted by Gasteiger charge is 2.28. The highest BCUT2D eigenvalue weighted by molar-refractivity contribution is 9.10. The summed E-state index contributed by atoms with van der Waals surface area (Å²) < 4.78 is 0.957. The highest BCUT2D eigenvalue weighted by Crippen LogP contribution is 2.16. The van der Waals surface area contributed by atoms with Gasteiger partial charge < -0.3 is 10.4 Å². The van der Waals surface area contributed by atoms with E-state index in [0.717, 1.165) is 23.0 Å². The van der Waals surface area contributed by atoms with Gasteiger partial charge in [-0.2, -0.15) is 0 Å². The van der Waals surface area contributed by atoms with E-state index in [2.05, 4.69) is 26.2 Å². The molecule has 1 aliphatic rings. The fraction of sp³-hybridized carbons (Fsp3) is 0.455. The molecule has 1 fully saturated rings. The molecule has 0 aromatic carbocycles. The summed E-state index contributed by atoms with van der Waals surface area (Å²) >= 11 is 3.33. The van der Waals surface area contributed by atoms with E-state index in [1.807, 2.05) is 12.1 Å². The van der Waals surface area contributed by atoms with Gasteiger partial charge in [-0.1, -0.05) is 0 Å². The van der Waals surface area contributed by atoms with E-state index in [-0.39, 0.29) is 12.1 Å². The van der Waals surface area contributed by atoms with E-state index in [1.54, 1.807) is 6.20 Å². The Morgan fingerprint density at radius 2 is 2.38 bits per heavy atom. The van der Waals surface area contributed by atoms with Crippen LogP contribution < -0.4 is 5.32 Å². The minimum atomic E-state index is -0.758. The number of nitrogens with zero attached hydrogens (tertiary/aromatic N) is 1. The molecule has 2 atom stereocenters. The van der Waals surface area contributed by atoms with Gasteiger partial charge >= 0.3 is 5.97 Å². The van der Waals surface area contributed by atoms with Crippen LogP contribution in [0.2, 0.25) is 0 Å². The quantitative estimate of drug-likeness (QED) is 0.885. The molecule has 1 aliphatic heterocycles. The molecule has 16 heavy (non-hydrogen) atoms. The van der Waals surface area contributed by atoms with Crippen LogP contribution in [0.1, 0.15) is 18.5 Å². The monoisotopic (exact) mass is 284 g/mol. The maximum Gasteiger partial charge on any atom is 0.320 e. The molecule has 86 valence electrons. The Bertz CT molecular complexity index is 380. The van der Waals surface area contributed by atoms with E-state index in [0.29, 0.717) is 6.42 Å². The summed E-state index contributed by atoms with van der Waals surface area (Å²) in [6.45, 7) is 0. The van der Waals surface area contributed by atoms with Crippen molar-refractivity contribution in [3.8, 4) is 0 Å². The molecule has 0 spiro atoms. The summed E-state index contributed by atoms with van der Waals surface area (Å²) in [7, 11) is 0. The van der Waals surface area contributed by atoms with Crippen molar-refractivity contribution in [2.75, 3.05) is 0 Å². The Morgan fingerprint density at radius 3 is 2.94 bits per heavy atom. The molecular formula is C11H13BrN2O2. The number of rotatable bonds is 3. The van der Waals surface area contributed by atoms with Crippen molar-refractivity contribution < 1.29 is 9.90 Å². The van der Waals surface area contributed by atoms with Gasteiger partial charge in [-0.25, -0.2) is 0 Å². The van der Waals surface area contributed by atoms with Crippen LogP contribution in [0, 0.1) is 0 Å². The van der Waals surface area contributed by atoms with Crippen molar-refractivity contribution in [3.05, 3.63) is 28.5 Å². The van der Waals surface area contributed by atoms with Crippen LogP contribution in [0.3, 0.4) is 0 Å². The molecule has 2 N–H and O–H groups in total. The lowest BCUT2D eigenvalue weighted by atomic mass is 10.1. The van der Waals surface area contributed by atoms with Crippen LogP contribution in [0.25, 0.3) is 0 Å². The second kappa shape index (κ2) is 4.93. The predicted molar refractivity (Wildman–Crippen MR) is 63.2 cm³/mol. The smallest absolute Gasteiger partial charge is 0.320 e. The molecule has 2 rings (SSSR count). The van der Waals surface area contributed by atoms with Gasteiger partial charge in [-0.05, 0) is 40.9 Å². The lowest BCUT2D eigenvalue weighted by Gasteiger charge is -2.11. The fourth-order valence-electron chi connectivity index (χ4n) is 1.95. The van der Waals surface area contributed by atoms with Crippen molar-refractivity contribution in [2.45, 2.75) is 31.3 Å². The normalized spacial score (nSPS) is 24.6. The van der Waals surface area contributed by atoms with Gasteiger partial charge in [-0.15, -0.1) is 0 Å². The summed E-state index contributed by atoms with van der Waals surface area (Å²) in [6, 6.07) is 3.75.